The van der Waals surface area contributed by atoms with E-state index in [2.05, 4.69) is 24.1 Å². The molecule has 3 heteroatoms. The highest BCUT2D eigenvalue weighted by atomic mass is 16.5. The van der Waals surface area contributed by atoms with Crippen LogP contribution in [0.25, 0.3) is 0 Å². The van der Waals surface area contributed by atoms with Gasteiger partial charge in [0.15, 0.2) is 0 Å². The third kappa shape index (κ3) is 4.40. The van der Waals surface area contributed by atoms with Crippen molar-refractivity contribution >= 4 is 0 Å². The lowest BCUT2D eigenvalue weighted by molar-refractivity contribution is 0.0702. The third-order valence-corrected chi connectivity index (χ3v) is 2.78. The van der Waals surface area contributed by atoms with Crippen molar-refractivity contribution in [1.82, 2.24) is 10.2 Å². The number of nitrogens with zero attached hydrogens (tertiary/aromatic N) is 1. The molecule has 1 unspecified atom stereocenters. The molecule has 84 valence electrons. The summed E-state index contributed by atoms with van der Waals surface area (Å²) in [6.45, 7) is 10.9. The minimum Gasteiger partial charge on any atom is -0.379 e. The summed E-state index contributed by atoms with van der Waals surface area (Å²) in [5.74, 6) is 0. The van der Waals surface area contributed by atoms with Crippen LogP contribution in [0, 0.1) is 0 Å². The Morgan fingerprint density at radius 3 is 2.79 bits per heavy atom. The quantitative estimate of drug-likeness (QED) is 0.695. The summed E-state index contributed by atoms with van der Waals surface area (Å²) >= 11 is 0. The fraction of sp³-hybridized carbons (Fsp3) is 1.00. The minimum absolute atomic E-state index is 0.578. The smallest absolute Gasteiger partial charge is 0.0620 e. The molecule has 1 aliphatic heterocycles. The lowest BCUT2D eigenvalue weighted by Crippen LogP contribution is -2.43. The van der Waals surface area contributed by atoms with Crippen molar-refractivity contribution in [3.63, 3.8) is 0 Å². The zero-order chi connectivity index (χ0) is 10.2. The summed E-state index contributed by atoms with van der Waals surface area (Å²) in [7, 11) is 0. The second-order valence-corrected chi connectivity index (χ2v) is 3.95. The van der Waals surface area contributed by atoms with E-state index in [-0.39, 0.29) is 0 Å². The Morgan fingerprint density at radius 2 is 2.21 bits per heavy atom. The van der Waals surface area contributed by atoms with Crippen LogP contribution in [-0.2, 0) is 4.74 Å². The molecule has 0 aliphatic carbocycles. The van der Waals surface area contributed by atoms with E-state index in [1.165, 1.54) is 32.5 Å². The normalized spacial score (nSPS) is 22.9. The number of nitrogens with one attached hydrogen (secondary N) is 1. The average molecular weight is 200 g/mol. The van der Waals surface area contributed by atoms with Gasteiger partial charge in [-0.15, -0.1) is 0 Å². The molecule has 1 rings (SSSR count). The number of ether oxygens (including phenoxy) is 1. The zero-order valence-electron chi connectivity index (χ0n) is 9.59. The molecule has 1 aliphatic rings. The van der Waals surface area contributed by atoms with Gasteiger partial charge in [-0.3, -0.25) is 0 Å². The van der Waals surface area contributed by atoms with Crippen molar-refractivity contribution in [2.75, 3.05) is 39.4 Å². The van der Waals surface area contributed by atoms with Crippen LogP contribution in [0.3, 0.4) is 0 Å². The molecule has 0 spiro atoms. The first kappa shape index (κ1) is 12.0. The summed E-state index contributed by atoms with van der Waals surface area (Å²) in [5, 5.41) is 3.49. The lowest BCUT2D eigenvalue weighted by atomic mass is 10.2. The second-order valence-electron chi connectivity index (χ2n) is 3.95. The second kappa shape index (κ2) is 7.21. The van der Waals surface area contributed by atoms with Crippen LogP contribution in [-0.4, -0.2) is 50.3 Å². The maximum Gasteiger partial charge on any atom is 0.0620 e. The van der Waals surface area contributed by atoms with E-state index in [1.807, 2.05) is 0 Å². The first-order chi connectivity index (χ1) is 6.86. The SMILES string of the molecule is CCCN(CC)CCC1COCCN1. The van der Waals surface area contributed by atoms with Gasteiger partial charge in [0.2, 0.25) is 0 Å². The summed E-state index contributed by atoms with van der Waals surface area (Å²) in [4.78, 5) is 2.51. The van der Waals surface area contributed by atoms with Crippen LogP contribution in [0.15, 0.2) is 0 Å². The Hall–Kier alpha value is -0.120. The van der Waals surface area contributed by atoms with Gasteiger partial charge < -0.3 is 15.0 Å². The molecular formula is C11H24N2O. The molecule has 0 radical (unpaired) electrons. The van der Waals surface area contributed by atoms with Gasteiger partial charge in [-0.1, -0.05) is 13.8 Å². The first-order valence-corrected chi connectivity index (χ1v) is 5.90. The van der Waals surface area contributed by atoms with Gasteiger partial charge in [0.1, 0.15) is 0 Å². The van der Waals surface area contributed by atoms with Crippen LogP contribution in [0.5, 0.6) is 0 Å². The van der Waals surface area contributed by atoms with Crippen molar-refractivity contribution in [3.8, 4) is 0 Å². The number of morpholine rings is 1. The molecule has 0 aromatic heterocycles. The Labute approximate surface area is 87.8 Å². The highest BCUT2D eigenvalue weighted by Gasteiger charge is 2.13. The van der Waals surface area contributed by atoms with E-state index < -0.39 is 0 Å². The molecule has 0 saturated carbocycles. The maximum absolute atomic E-state index is 5.43. The fourth-order valence-corrected chi connectivity index (χ4v) is 1.89. The molecule has 0 amide bonds. The summed E-state index contributed by atoms with van der Waals surface area (Å²) < 4.78 is 5.43. The molecule has 1 saturated heterocycles. The highest BCUT2D eigenvalue weighted by molar-refractivity contribution is 4.71. The molecule has 0 aromatic rings. The van der Waals surface area contributed by atoms with Crippen LogP contribution in [0.4, 0.5) is 0 Å². The van der Waals surface area contributed by atoms with Crippen LogP contribution >= 0.6 is 0 Å². The van der Waals surface area contributed by atoms with Gasteiger partial charge in [0.25, 0.3) is 0 Å². The van der Waals surface area contributed by atoms with Crippen molar-refractivity contribution in [3.05, 3.63) is 0 Å². The summed E-state index contributed by atoms with van der Waals surface area (Å²) in [6.07, 6.45) is 2.47. The molecule has 3 nitrogen and oxygen atoms in total. The standard InChI is InChI=1S/C11H24N2O/c1-3-7-13(4-2)8-5-11-10-14-9-6-12-11/h11-12H,3-10H2,1-2H3. The molecule has 1 fully saturated rings. The van der Waals surface area contributed by atoms with Gasteiger partial charge in [0.05, 0.1) is 13.2 Å². The Bertz CT molecular complexity index is 130. The third-order valence-electron chi connectivity index (χ3n) is 2.78. The van der Waals surface area contributed by atoms with Gasteiger partial charge in [-0.25, -0.2) is 0 Å². The van der Waals surface area contributed by atoms with E-state index in [4.69, 9.17) is 4.74 Å². The maximum atomic E-state index is 5.43. The summed E-state index contributed by atoms with van der Waals surface area (Å²) in [6, 6.07) is 0.578. The Kier molecular flexibility index (Phi) is 6.15. The summed E-state index contributed by atoms with van der Waals surface area (Å²) in [5.41, 5.74) is 0. The first-order valence-electron chi connectivity index (χ1n) is 5.90. The monoisotopic (exact) mass is 200 g/mol. The molecule has 1 heterocycles. The van der Waals surface area contributed by atoms with Crippen molar-refractivity contribution < 1.29 is 4.74 Å². The van der Waals surface area contributed by atoms with Crippen molar-refractivity contribution in [2.45, 2.75) is 32.7 Å². The topological polar surface area (TPSA) is 24.5 Å². The Morgan fingerprint density at radius 1 is 1.36 bits per heavy atom. The predicted molar refractivity (Wildman–Crippen MR) is 59.6 cm³/mol. The van der Waals surface area contributed by atoms with Gasteiger partial charge in [-0.05, 0) is 32.5 Å². The van der Waals surface area contributed by atoms with Crippen LogP contribution in [0.2, 0.25) is 0 Å². The van der Waals surface area contributed by atoms with E-state index in [1.54, 1.807) is 0 Å². The number of hydrogen-bond acceptors (Lipinski definition) is 3. The average Bonchev–Trinajstić information content (AvgIpc) is 2.25. The molecular weight excluding hydrogens is 176 g/mol. The Balaban J connectivity index is 2.10. The highest BCUT2D eigenvalue weighted by Crippen LogP contribution is 2.01. The van der Waals surface area contributed by atoms with Gasteiger partial charge >= 0.3 is 0 Å². The van der Waals surface area contributed by atoms with Crippen molar-refractivity contribution in [2.24, 2.45) is 0 Å². The number of rotatable bonds is 6. The van der Waals surface area contributed by atoms with Gasteiger partial charge in [0, 0.05) is 12.6 Å². The van der Waals surface area contributed by atoms with E-state index in [0.29, 0.717) is 6.04 Å². The van der Waals surface area contributed by atoms with Crippen LogP contribution < -0.4 is 5.32 Å². The van der Waals surface area contributed by atoms with Crippen molar-refractivity contribution in [1.29, 1.82) is 0 Å². The lowest BCUT2D eigenvalue weighted by Gasteiger charge is -2.27. The number of hydrogen-bond donors (Lipinski definition) is 1. The molecule has 0 bridgehead atoms. The molecule has 1 atom stereocenters. The van der Waals surface area contributed by atoms with Gasteiger partial charge in [-0.2, -0.15) is 0 Å². The molecule has 0 aromatic carbocycles. The minimum atomic E-state index is 0.578. The fourth-order valence-electron chi connectivity index (χ4n) is 1.89. The van der Waals surface area contributed by atoms with E-state index >= 15 is 0 Å². The van der Waals surface area contributed by atoms with E-state index in [0.717, 1.165) is 19.8 Å². The molecule has 14 heavy (non-hydrogen) atoms. The predicted octanol–water partition coefficient (Wildman–Crippen LogP) is 1.10. The van der Waals surface area contributed by atoms with Crippen LogP contribution in [0.1, 0.15) is 26.7 Å². The zero-order valence-corrected chi connectivity index (χ0v) is 9.59. The molecule has 1 N–H and O–H groups in total. The largest absolute Gasteiger partial charge is 0.379 e. The van der Waals surface area contributed by atoms with E-state index in [9.17, 15) is 0 Å².